The molecule has 3 aliphatic heterocycles. The number of halogens is 2. The van der Waals surface area contributed by atoms with Crippen molar-refractivity contribution in [1.82, 2.24) is 24.4 Å². The summed E-state index contributed by atoms with van der Waals surface area (Å²) in [5.41, 5.74) is 2.67. The third-order valence-electron chi connectivity index (χ3n) is 7.16. The maximum atomic E-state index is 14.2. The lowest BCUT2D eigenvalue weighted by Gasteiger charge is -2.37. The summed E-state index contributed by atoms with van der Waals surface area (Å²) in [4.78, 5) is 21.7. The fourth-order valence-corrected chi connectivity index (χ4v) is 5.79. The highest BCUT2D eigenvalue weighted by molar-refractivity contribution is 6.30. The van der Waals surface area contributed by atoms with Gasteiger partial charge in [-0.3, -0.25) is 9.69 Å². The van der Waals surface area contributed by atoms with Gasteiger partial charge in [0.15, 0.2) is 5.65 Å². The average molecular weight is 481 g/mol. The average Bonchev–Trinajstić information content (AvgIpc) is 3.42. The third kappa shape index (κ3) is 3.58. The molecule has 2 atom stereocenters. The van der Waals surface area contributed by atoms with E-state index >= 15 is 0 Å². The molecule has 0 N–H and O–H groups in total. The normalized spacial score (nSPS) is 23.8. The van der Waals surface area contributed by atoms with Crippen molar-refractivity contribution in [2.45, 2.75) is 57.0 Å². The van der Waals surface area contributed by atoms with Crippen molar-refractivity contribution in [1.29, 1.82) is 5.26 Å². The number of hydrogen-bond donors (Lipinski definition) is 0. The zero-order chi connectivity index (χ0) is 23.4. The number of ether oxygens (including phenoxy) is 1. The molecule has 0 aliphatic carbocycles. The Morgan fingerprint density at radius 1 is 1.26 bits per heavy atom. The van der Waals surface area contributed by atoms with Gasteiger partial charge in [0.1, 0.15) is 17.7 Å². The van der Waals surface area contributed by atoms with Gasteiger partial charge in [-0.25, -0.2) is 13.9 Å². The van der Waals surface area contributed by atoms with E-state index in [4.69, 9.17) is 21.6 Å². The molecule has 2 saturated heterocycles. The Hall–Kier alpha value is -3.22. The molecule has 0 saturated carbocycles. The van der Waals surface area contributed by atoms with Crippen LogP contribution in [-0.2, 0) is 13.1 Å². The molecule has 0 radical (unpaired) electrons. The smallest absolute Gasteiger partial charge is 0.258 e. The van der Waals surface area contributed by atoms with Crippen molar-refractivity contribution < 1.29 is 13.9 Å². The van der Waals surface area contributed by atoms with Crippen LogP contribution < -0.4 is 4.74 Å². The summed E-state index contributed by atoms with van der Waals surface area (Å²) < 4.78 is 22.0. The van der Waals surface area contributed by atoms with Crippen molar-refractivity contribution in [2.75, 3.05) is 6.54 Å². The highest BCUT2D eigenvalue weighted by atomic mass is 35.5. The van der Waals surface area contributed by atoms with Gasteiger partial charge >= 0.3 is 0 Å². The van der Waals surface area contributed by atoms with Crippen molar-refractivity contribution in [2.24, 2.45) is 0 Å². The van der Waals surface area contributed by atoms with Crippen LogP contribution in [0.25, 0.3) is 5.65 Å². The quantitative estimate of drug-likeness (QED) is 0.530. The van der Waals surface area contributed by atoms with Crippen LogP contribution >= 0.6 is 11.6 Å². The minimum Gasteiger partial charge on any atom is -0.489 e. The van der Waals surface area contributed by atoms with Crippen LogP contribution in [0.15, 0.2) is 30.6 Å². The van der Waals surface area contributed by atoms with E-state index in [1.807, 2.05) is 0 Å². The molecule has 10 heteroatoms. The van der Waals surface area contributed by atoms with Crippen molar-refractivity contribution in [3.63, 3.8) is 0 Å². The van der Waals surface area contributed by atoms with Gasteiger partial charge < -0.3 is 9.64 Å². The first kappa shape index (κ1) is 21.3. The van der Waals surface area contributed by atoms with Gasteiger partial charge in [0.05, 0.1) is 48.2 Å². The molecule has 2 aromatic heterocycles. The van der Waals surface area contributed by atoms with E-state index in [1.165, 1.54) is 18.2 Å². The van der Waals surface area contributed by atoms with Crippen LogP contribution in [0.2, 0.25) is 5.02 Å². The molecular formula is C24H22ClFN6O2. The first-order chi connectivity index (χ1) is 16.5. The number of nitrogens with zero attached hydrogens (tertiary/aromatic N) is 6. The van der Waals surface area contributed by atoms with E-state index < -0.39 is 5.82 Å². The summed E-state index contributed by atoms with van der Waals surface area (Å²) >= 11 is 6.01. The summed E-state index contributed by atoms with van der Waals surface area (Å²) in [5, 5.41) is 14.1. The molecule has 6 rings (SSSR count). The van der Waals surface area contributed by atoms with Gasteiger partial charge in [-0.05, 0) is 37.8 Å². The molecule has 5 heterocycles. The molecule has 8 nitrogen and oxygen atoms in total. The number of aromatic nitrogens is 3. The second-order valence-electron chi connectivity index (χ2n) is 9.19. The minimum absolute atomic E-state index is 0.116. The number of benzene rings is 1. The molecule has 2 unspecified atom stereocenters. The molecule has 2 fully saturated rings. The lowest BCUT2D eigenvalue weighted by Crippen LogP contribution is -2.46. The Balaban J connectivity index is 1.22. The van der Waals surface area contributed by atoms with E-state index in [9.17, 15) is 9.18 Å². The summed E-state index contributed by atoms with van der Waals surface area (Å²) in [6.45, 7) is 1.12. The molecule has 34 heavy (non-hydrogen) atoms. The van der Waals surface area contributed by atoms with Crippen molar-refractivity contribution in [3.05, 3.63) is 58.3 Å². The number of amides is 1. The van der Waals surface area contributed by atoms with Crippen LogP contribution in [0.3, 0.4) is 0 Å². The molecule has 3 aromatic rings. The summed E-state index contributed by atoms with van der Waals surface area (Å²) in [6.07, 6.45) is 6.74. The van der Waals surface area contributed by atoms with Crippen LogP contribution in [-0.4, -0.2) is 55.0 Å². The number of piperidine rings is 1. The van der Waals surface area contributed by atoms with Crippen LogP contribution in [0, 0.1) is 17.1 Å². The summed E-state index contributed by atoms with van der Waals surface area (Å²) in [7, 11) is 0. The first-order valence-corrected chi connectivity index (χ1v) is 11.8. The Morgan fingerprint density at radius 3 is 2.82 bits per heavy atom. The van der Waals surface area contributed by atoms with Crippen molar-refractivity contribution in [3.8, 4) is 11.8 Å². The van der Waals surface area contributed by atoms with Crippen LogP contribution in [0.1, 0.15) is 47.3 Å². The first-order valence-electron chi connectivity index (χ1n) is 11.4. The molecule has 1 amide bonds. The number of carbonyl (C=O) groups is 1. The summed E-state index contributed by atoms with van der Waals surface area (Å²) in [5.74, 6) is -0.406. The lowest BCUT2D eigenvalue weighted by atomic mass is 9.99. The van der Waals surface area contributed by atoms with E-state index in [0.29, 0.717) is 48.0 Å². The number of nitriles is 1. The molecule has 0 spiro atoms. The molecule has 3 aliphatic rings. The predicted molar refractivity (Wildman–Crippen MR) is 121 cm³/mol. The number of hydrogen-bond acceptors (Lipinski definition) is 6. The topological polar surface area (TPSA) is 86.8 Å². The predicted octanol–water partition coefficient (Wildman–Crippen LogP) is 3.58. The third-order valence-corrected chi connectivity index (χ3v) is 7.35. The molecular weight excluding hydrogens is 459 g/mol. The highest BCUT2D eigenvalue weighted by Gasteiger charge is 2.41. The SMILES string of the molecule is N#CCN1C2CCC1CC(Oc1cc(F)ccc1C(=O)N1Cc3nn4cc(Cl)cnc4c3C1)C2. The van der Waals surface area contributed by atoms with Gasteiger partial charge in [0.25, 0.3) is 5.91 Å². The maximum Gasteiger partial charge on any atom is 0.258 e. The Kier molecular flexibility index (Phi) is 5.15. The van der Waals surface area contributed by atoms with Gasteiger partial charge in [0, 0.05) is 29.9 Å². The van der Waals surface area contributed by atoms with E-state index in [2.05, 4.69) is 21.1 Å². The zero-order valence-corrected chi connectivity index (χ0v) is 19.1. The van der Waals surface area contributed by atoms with E-state index in [-0.39, 0.29) is 17.8 Å². The fourth-order valence-electron chi connectivity index (χ4n) is 5.65. The summed E-state index contributed by atoms with van der Waals surface area (Å²) in [6, 6.07) is 6.92. The standard InChI is InChI=1S/C24H22ClFN6O2/c25-14-10-28-23-20-12-30(13-21(20)29-32(23)11-14)24(33)19-4-1-15(26)7-22(19)34-18-8-16-2-3-17(9-18)31(16)6-5-27/h1,4,7,10-11,16-18H,2-3,6,8-9,12-13H2. The van der Waals surface area contributed by atoms with Crippen LogP contribution in [0.4, 0.5) is 4.39 Å². The molecule has 1 aromatic carbocycles. The van der Waals surface area contributed by atoms with E-state index in [1.54, 1.807) is 21.8 Å². The Bertz CT molecular complexity index is 1320. The van der Waals surface area contributed by atoms with Gasteiger partial charge in [-0.1, -0.05) is 11.6 Å². The van der Waals surface area contributed by atoms with E-state index in [0.717, 1.165) is 36.9 Å². The monoisotopic (exact) mass is 480 g/mol. The maximum absolute atomic E-state index is 14.2. The second-order valence-corrected chi connectivity index (χ2v) is 9.63. The highest BCUT2D eigenvalue weighted by Crippen LogP contribution is 2.38. The minimum atomic E-state index is -0.445. The lowest BCUT2D eigenvalue weighted by molar-refractivity contribution is 0.0555. The molecule has 2 bridgehead atoms. The van der Waals surface area contributed by atoms with Crippen molar-refractivity contribution >= 4 is 23.2 Å². The van der Waals surface area contributed by atoms with Gasteiger partial charge in [0.2, 0.25) is 0 Å². The largest absolute Gasteiger partial charge is 0.489 e. The second kappa shape index (κ2) is 8.22. The van der Waals surface area contributed by atoms with Gasteiger partial charge in [-0.15, -0.1) is 0 Å². The number of fused-ring (bicyclic) bond motifs is 5. The Labute approximate surface area is 200 Å². The van der Waals surface area contributed by atoms with Gasteiger partial charge in [-0.2, -0.15) is 10.4 Å². The number of carbonyl (C=O) groups excluding carboxylic acids is 1. The van der Waals surface area contributed by atoms with Crippen LogP contribution in [0.5, 0.6) is 5.75 Å². The zero-order valence-electron chi connectivity index (χ0n) is 18.3. The fraction of sp³-hybridized carbons (Fsp3) is 0.417. The number of rotatable bonds is 4. The Morgan fingerprint density at radius 2 is 2.06 bits per heavy atom. The molecule has 174 valence electrons.